The van der Waals surface area contributed by atoms with E-state index >= 15 is 0 Å². The number of halogens is 2. The highest BCUT2D eigenvalue weighted by molar-refractivity contribution is 7.71. The Bertz CT molecular complexity index is 546. The molecule has 0 saturated carbocycles. The highest BCUT2D eigenvalue weighted by Gasteiger charge is 2.02. The first-order valence-electron chi connectivity index (χ1n) is 4.63. The van der Waals surface area contributed by atoms with Gasteiger partial charge in [-0.2, -0.15) is 0 Å². The summed E-state index contributed by atoms with van der Waals surface area (Å²) in [5.41, 5.74) is 0.516. The lowest BCUT2D eigenvalue weighted by molar-refractivity contribution is 0.580. The van der Waals surface area contributed by atoms with E-state index < -0.39 is 11.6 Å². The molecule has 0 bridgehead atoms. The van der Waals surface area contributed by atoms with Crippen molar-refractivity contribution in [1.29, 1.82) is 0 Å². The van der Waals surface area contributed by atoms with E-state index in [9.17, 15) is 8.78 Å². The lowest BCUT2D eigenvalue weighted by Gasteiger charge is -2.01. The molecule has 2 nitrogen and oxygen atoms in total. The van der Waals surface area contributed by atoms with Crippen LogP contribution in [0.4, 0.5) is 8.78 Å². The second-order valence-corrected chi connectivity index (χ2v) is 3.78. The van der Waals surface area contributed by atoms with Crippen LogP contribution in [0, 0.1) is 16.3 Å². The van der Waals surface area contributed by atoms with E-state index in [1.165, 1.54) is 12.1 Å². The van der Waals surface area contributed by atoms with E-state index in [4.69, 9.17) is 12.2 Å². The third kappa shape index (κ3) is 2.70. The SMILES string of the molecule is Fc1cc(F)cc(Cc2nccc(=S)[nH]2)c1. The van der Waals surface area contributed by atoms with E-state index in [0.29, 0.717) is 22.4 Å². The Morgan fingerprint density at radius 3 is 2.50 bits per heavy atom. The highest BCUT2D eigenvalue weighted by atomic mass is 32.1. The minimum Gasteiger partial charge on any atom is -0.335 e. The van der Waals surface area contributed by atoms with Crippen molar-refractivity contribution in [3.8, 4) is 0 Å². The van der Waals surface area contributed by atoms with Gasteiger partial charge in [-0.05, 0) is 23.8 Å². The lowest BCUT2D eigenvalue weighted by atomic mass is 10.1. The van der Waals surface area contributed by atoms with Gasteiger partial charge in [0.05, 0.1) is 0 Å². The summed E-state index contributed by atoms with van der Waals surface area (Å²) in [5, 5.41) is 0. The summed E-state index contributed by atoms with van der Waals surface area (Å²) in [6, 6.07) is 5.03. The van der Waals surface area contributed by atoms with Crippen LogP contribution in [0.1, 0.15) is 11.4 Å². The zero-order chi connectivity index (χ0) is 11.5. The smallest absolute Gasteiger partial charge is 0.126 e. The number of H-pyrrole nitrogens is 1. The summed E-state index contributed by atoms with van der Waals surface area (Å²) >= 11 is 4.92. The molecular weight excluding hydrogens is 230 g/mol. The zero-order valence-electron chi connectivity index (χ0n) is 8.21. The fourth-order valence-corrected chi connectivity index (χ4v) is 1.59. The van der Waals surface area contributed by atoms with E-state index in [2.05, 4.69) is 9.97 Å². The highest BCUT2D eigenvalue weighted by Crippen LogP contribution is 2.10. The Labute approximate surface area is 96.0 Å². The predicted octanol–water partition coefficient (Wildman–Crippen LogP) is 3.01. The molecule has 2 aromatic rings. The second kappa shape index (κ2) is 4.49. The molecule has 0 atom stereocenters. The normalized spacial score (nSPS) is 10.4. The second-order valence-electron chi connectivity index (χ2n) is 3.34. The molecule has 0 fully saturated rings. The Morgan fingerprint density at radius 2 is 1.88 bits per heavy atom. The Kier molecular flexibility index (Phi) is 3.05. The number of nitrogens with zero attached hydrogens (tertiary/aromatic N) is 1. The molecule has 1 aromatic heterocycles. The third-order valence-corrected chi connectivity index (χ3v) is 2.26. The van der Waals surface area contributed by atoms with Gasteiger partial charge in [0, 0.05) is 18.7 Å². The summed E-state index contributed by atoms with van der Waals surface area (Å²) in [4.78, 5) is 6.88. The topological polar surface area (TPSA) is 28.7 Å². The van der Waals surface area contributed by atoms with Crippen molar-refractivity contribution in [3.05, 3.63) is 58.1 Å². The molecule has 0 aliphatic rings. The van der Waals surface area contributed by atoms with Gasteiger partial charge in [-0.15, -0.1) is 0 Å². The van der Waals surface area contributed by atoms with Crippen molar-refractivity contribution in [1.82, 2.24) is 9.97 Å². The van der Waals surface area contributed by atoms with Gasteiger partial charge in [-0.25, -0.2) is 13.8 Å². The maximum absolute atomic E-state index is 12.9. The van der Waals surface area contributed by atoms with Crippen LogP contribution < -0.4 is 0 Å². The number of hydrogen-bond donors (Lipinski definition) is 1. The number of aromatic amines is 1. The quantitative estimate of drug-likeness (QED) is 0.815. The first kappa shape index (κ1) is 10.9. The molecule has 1 aromatic carbocycles. The minimum atomic E-state index is -0.593. The molecule has 0 saturated heterocycles. The van der Waals surface area contributed by atoms with Crippen LogP contribution in [0.5, 0.6) is 0 Å². The Hall–Kier alpha value is -1.62. The van der Waals surface area contributed by atoms with Gasteiger partial charge in [-0.3, -0.25) is 0 Å². The molecule has 0 amide bonds. The largest absolute Gasteiger partial charge is 0.335 e. The first-order valence-corrected chi connectivity index (χ1v) is 5.03. The van der Waals surface area contributed by atoms with Crippen LogP contribution in [0.2, 0.25) is 0 Å². The lowest BCUT2D eigenvalue weighted by Crippen LogP contribution is -1.97. The van der Waals surface area contributed by atoms with Crippen molar-refractivity contribution >= 4 is 12.2 Å². The van der Waals surface area contributed by atoms with Crippen molar-refractivity contribution in [2.75, 3.05) is 0 Å². The maximum atomic E-state index is 12.9. The van der Waals surface area contributed by atoms with E-state index in [-0.39, 0.29) is 0 Å². The Morgan fingerprint density at radius 1 is 1.19 bits per heavy atom. The van der Waals surface area contributed by atoms with E-state index in [1.807, 2.05) is 0 Å². The first-order chi connectivity index (χ1) is 7.63. The van der Waals surface area contributed by atoms with Crippen LogP contribution in [-0.4, -0.2) is 9.97 Å². The number of benzene rings is 1. The van der Waals surface area contributed by atoms with Crippen LogP contribution >= 0.6 is 12.2 Å². The molecule has 2 rings (SSSR count). The molecule has 1 N–H and O–H groups in total. The van der Waals surface area contributed by atoms with Crippen molar-refractivity contribution in [2.45, 2.75) is 6.42 Å². The van der Waals surface area contributed by atoms with Gasteiger partial charge in [-0.1, -0.05) is 12.2 Å². The molecule has 0 unspecified atom stereocenters. The molecule has 0 aliphatic carbocycles. The molecule has 16 heavy (non-hydrogen) atoms. The molecule has 82 valence electrons. The summed E-state index contributed by atoms with van der Waals surface area (Å²) < 4.78 is 26.4. The number of aromatic nitrogens is 2. The standard InChI is InChI=1S/C11H8F2N2S/c12-8-3-7(4-9(13)6-8)5-10-14-2-1-11(16)15-10/h1-4,6H,5H2,(H,14,15,16). The van der Waals surface area contributed by atoms with Gasteiger partial charge in [0.15, 0.2) is 0 Å². The van der Waals surface area contributed by atoms with Crippen molar-refractivity contribution in [2.24, 2.45) is 0 Å². The van der Waals surface area contributed by atoms with E-state index in [0.717, 1.165) is 6.07 Å². The fraction of sp³-hybridized carbons (Fsp3) is 0.0909. The van der Waals surface area contributed by atoms with Crippen molar-refractivity contribution < 1.29 is 8.78 Å². The molecule has 0 spiro atoms. The molecule has 0 aliphatic heterocycles. The van der Waals surface area contributed by atoms with Crippen LogP contribution in [0.25, 0.3) is 0 Å². The number of hydrogen-bond acceptors (Lipinski definition) is 2. The Balaban J connectivity index is 2.30. The van der Waals surface area contributed by atoms with Crippen molar-refractivity contribution in [3.63, 3.8) is 0 Å². The van der Waals surface area contributed by atoms with Crippen LogP contribution in [-0.2, 0) is 6.42 Å². The van der Waals surface area contributed by atoms with Gasteiger partial charge in [0.25, 0.3) is 0 Å². The minimum absolute atomic E-state index is 0.319. The van der Waals surface area contributed by atoms with Crippen LogP contribution in [0.15, 0.2) is 30.5 Å². The van der Waals surface area contributed by atoms with Crippen LogP contribution in [0.3, 0.4) is 0 Å². The van der Waals surface area contributed by atoms with Gasteiger partial charge >= 0.3 is 0 Å². The van der Waals surface area contributed by atoms with E-state index in [1.54, 1.807) is 12.3 Å². The monoisotopic (exact) mass is 238 g/mol. The van der Waals surface area contributed by atoms with Gasteiger partial charge < -0.3 is 4.98 Å². The van der Waals surface area contributed by atoms with Gasteiger partial charge in [0.1, 0.15) is 22.1 Å². The zero-order valence-corrected chi connectivity index (χ0v) is 9.02. The molecule has 5 heteroatoms. The number of rotatable bonds is 2. The maximum Gasteiger partial charge on any atom is 0.126 e. The van der Waals surface area contributed by atoms with Gasteiger partial charge in [0.2, 0.25) is 0 Å². The summed E-state index contributed by atoms with van der Waals surface area (Å²) in [5.74, 6) is -0.605. The molecule has 1 heterocycles. The summed E-state index contributed by atoms with van der Waals surface area (Å²) in [7, 11) is 0. The summed E-state index contributed by atoms with van der Waals surface area (Å²) in [6.07, 6.45) is 1.88. The summed E-state index contributed by atoms with van der Waals surface area (Å²) in [6.45, 7) is 0. The average molecular weight is 238 g/mol. The predicted molar refractivity (Wildman–Crippen MR) is 58.6 cm³/mol. The number of nitrogens with one attached hydrogen (secondary N) is 1. The average Bonchev–Trinajstić information content (AvgIpc) is 2.15. The molecular formula is C11H8F2N2S. The fourth-order valence-electron chi connectivity index (χ4n) is 1.41. The molecule has 0 radical (unpaired) electrons. The third-order valence-electron chi connectivity index (χ3n) is 2.02.